The van der Waals surface area contributed by atoms with Crippen molar-refractivity contribution in [1.29, 1.82) is 0 Å². The first-order valence-electron chi connectivity index (χ1n) is 17.4. The van der Waals surface area contributed by atoms with E-state index in [-0.39, 0.29) is 0 Å². The second kappa shape index (κ2) is 16.8. The van der Waals surface area contributed by atoms with Crippen LogP contribution in [0.25, 0.3) is 0 Å². The van der Waals surface area contributed by atoms with Crippen molar-refractivity contribution in [3.05, 3.63) is 182 Å². The third-order valence-corrected chi connectivity index (χ3v) is 18.7. The van der Waals surface area contributed by atoms with Crippen LogP contribution in [-0.4, -0.2) is 12.3 Å². The Morgan fingerprint density at radius 3 is 0.574 bits per heavy atom. The molecule has 0 saturated heterocycles. The molecule has 0 bridgehead atoms. The molecular weight excluding hydrogens is 602 g/mol. The van der Waals surface area contributed by atoms with Gasteiger partial charge in [0.2, 0.25) is 0 Å². The van der Waals surface area contributed by atoms with E-state index in [0.717, 1.165) is 0 Å². The Kier molecular flexibility index (Phi) is 11.9. The van der Waals surface area contributed by atoms with E-state index in [1.165, 1.54) is 89.1 Å². The molecule has 0 heterocycles. The summed E-state index contributed by atoms with van der Waals surface area (Å²) < 4.78 is 0. The van der Waals surface area contributed by atoms with E-state index in [0.29, 0.717) is 0 Å². The van der Waals surface area contributed by atoms with Crippen molar-refractivity contribution < 1.29 is 0 Å². The van der Waals surface area contributed by atoms with Gasteiger partial charge >= 0.3 is 0 Å². The third kappa shape index (κ3) is 7.68. The molecule has 0 aromatic heterocycles. The van der Waals surface area contributed by atoms with Gasteiger partial charge in [0.1, 0.15) is 46.4 Å². The van der Waals surface area contributed by atoms with Gasteiger partial charge in [0, 0.05) is 0 Å². The molecule has 0 aliphatic carbocycles. The van der Waals surface area contributed by atoms with Crippen LogP contribution in [0, 0.1) is 0 Å². The molecule has 0 saturated carbocycles. The highest BCUT2D eigenvalue weighted by Crippen LogP contribution is 2.57. The summed E-state index contributed by atoms with van der Waals surface area (Å²) in [6.45, 7) is 0. The number of hydrogen-bond acceptors (Lipinski definition) is 0. The van der Waals surface area contributed by atoms with Crippen LogP contribution in [0.2, 0.25) is 0 Å². The highest BCUT2D eigenvalue weighted by atomic mass is 31.2. The van der Waals surface area contributed by atoms with Crippen LogP contribution in [0.1, 0.15) is 44.9 Å². The molecule has 0 fully saturated rings. The molecule has 0 spiro atoms. The second-order valence-electron chi connectivity index (χ2n) is 12.6. The number of benzene rings is 6. The molecule has 47 heavy (non-hydrogen) atoms. The van der Waals surface area contributed by atoms with Crippen molar-refractivity contribution in [1.82, 2.24) is 0 Å². The van der Waals surface area contributed by atoms with Crippen LogP contribution in [0.3, 0.4) is 0 Å². The molecular formula is C45H48P2+2. The molecule has 0 N–H and O–H groups in total. The van der Waals surface area contributed by atoms with E-state index in [1.54, 1.807) is 0 Å². The summed E-state index contributed by atoms with van der Waals surface area (Å²) in [7, 11) is -3.44. The Balaban J connectivity index is 1.09. The topological polar surface area (TPSA) is 0 Å². The molecule has 0 atom stereocenters. The first-order chi connectivity index (χ1) is 23.3. The molecule has 236 valence electrons. The second-order valence-corrected chi connectivity index (χ2v) is 19.8. The van der Waals surface area contributed by atoms with Crippen LogP contribution in [0.5, 0.6) is 0 Å². The van der Waals surface area contributed by atoms with Crippen LogP contribution in [0.4, 0.5) is 0 Å². The van der Waals surface area contributed by atoms with Gasteiger partial charge in [-0.1, -0.05) is 128 Å². The average molecular weight is 651 g/mol. The maximum Gasteiger partial charge on any atom is 0.112 e. The van der Waals surface area contributed by atoms with Gasteiger partial charge in [-0.3, -0.25) is 0 Å². The summed E-state index contributed by atoms with van der Waals surface area (Å²) in [4.78, 5) is 0. The van der Waals surface area contributed by atoms with E-state index in [2.05, 4.69) is 182 Å². The maximum absolute atomic E-state index is 2.37. The largest absolute Gasteiger partial charge is 0.112 e. The smallest absolute Gasteiger partial charge is 0.0620 e. The molecule has 0 aliphatic heterocycles. The lowest BCUT2D eigenvalue weighted by Crippen LogP contribution is -2.33. The number of hydrogen-bond donors (Lipinski definition) is 0. The first-order valence-corrected chi connectivity index (χ1v) is 21.4. The molecule has 6 aromatic carbocycles. The van der Waals surface area contributed by atoms with Crippen molar-refractivity contribution in [2.75, 3.05) is 12.3 Å². The lowest BCUT2D eigenvalue weighted by molar-refractivity contribution is 0.604. The van der Waals surface area contributed by atoms with Gasteiger partial charge in [-0.15, -0.1) is 0 Å². The van der Waals surface area contributed by atoms with Crippen molar-refractivity contribution >= 4 is 46.4 Å². The van der Waals surface area contributed by atoms with Crippen molar-refractivity contribution in [3.8, 4) is 0 Å². The summed E-state index contributed by atoms with van der Waals surface area (Å²) >= 11 is 0. The highest BCUT2D eigenvalue weighted by Gasteiger charge is 2.45. The predicted octanol–water partition coefficient (Wildman–Crippen LogP) is 9.71. The lowest BCUT2D eigenvalue weighted by atomic mass is 10.1. The standard InChI is InChI=1S/C45H48P2/c1(2-4-24-38-46(40-26-12-6-13-27-40,41-28-14-7-15-29-41)42-30-16-8-17-31-42)3-5-25-39-47(43-32-18-9-19-33-43,44-34-20-10-21-35-44)45-36-22-11-23-37-45/h6-23,26-37H,1-5,24-25,38-39H2/q+2. The van der Waals surface area contributed by atoms with Gasteiger partial charge in [0.15, 0.2) is 0 Å². The quantitative estimate of drug-likeness (QED) is 0.0723. The molecule has 0 radical (unpaired) electrons. The van der Waals surface area contributed by atoms with E-state index in [4.69, 9.17) is 0 Å². The summed E-state index contributed by atoms with van der Waals surface area (Å²) in [6.07, 6.45) is 11.5. The molecule has 6 aromatic rings. The minimum absolute atomic E-state index is 1.23. The molecule has 0 aliphatic rings. The first kappa shape index (κ1) is 33.1. The van der Waals surface area contributed by atoms with E-state index in [1.807, 2.05) is 0 Å². The maximum atomic E-state index is 2.37. The van der Waals surface area contributed by atoms with E-state index in [9.17, 15) is 0 Å². The van der Waals surface area contributed by atoms with Crippen molar-refractivity contribution in [2.24, 2.45) is 0 Å². The van der Waals surface area contributed by atoms with Gasteiger partial charge in [-0.25, -0.2) is 0 Å². The Bertz CT molecular complexity index is 1400. The normalized spacial score (nSPS) is 11.7. The zero-order chi connectivity index (χ0) is 32.0. The van der Waals surface area contributed by atoms with Crippen molar-refractivity contribution in [2.45, 2.75) is 44.9 Å². The van der Waals surface area contributed by atoms with Crippen LogP contribution < -0.4 is 31.8 Å². The predicted molar refractivity (Wildman–Crippen MR) is 212 cm³/mol. The molecule has 0 nitrogen and oxygen atoms in total. The van der Waals surface area contributed by atoms with E-state index >= 15 is 0 Å². The molecule has 0 unspecified atom stereocenters. The summed E-state index contributed by atoms with van der Waals surface area (Å²) in [5.74, 6) is 0. The molecule has 0 amide bonds. The zero-order valence-electron chi connectivity index (χ0n) is 27.6. The summed E-state index contributed by atoms with van der Waals surface area (Å²) in [5, 5.41) is 9.00. The lowest BCUT2D eigenvalue weighted by Gasteiger charge is -2.28. The number of unbranched alkanes of at least 4 members (excludes halogenated alkanes) is 6. The Labute approximate surface area is 284 Å². The molecule has 6 rings (SSSR count). The monoisotopic (exact) mass is 650 g/mol. The minimum Gasteiger partial charge on any atom is -0.0620 e. The Morgan fingerprint density at radius 2 is 0.383 bits per heavy atom. The third-order valence-electron chi connectivity index (χ3n) is 9.67. The van der Waals surface area contributed by atoms with Crippen LogP contribution in [-0.2, 0) is 0 Å². The van der Waals surface area contributed by atoms with Gasteiger partial charge in [0.25, 0.3) is 0 Å². The van der Waals surface area contributed by atoms with E-state index < -0.39 is 14.5 Å². The SMILES string of the molecule is c1ccc([P+](CCCCCCCCC[P+](c2ccccc2)(c2ccccc2)c2ccccc2)(c2ccccc2)c2ccccc2)cc1. The fraction of sp³-hybridized carbons (Fsp3) is 0.200. The average Bonchev–Trinajstić information content (AvgIpc) is 3.16. The zero-order valence-corrected chi connectivity index (χ0v) is 29.4. The highest BCUT2D eigenvalue weighted by molar-refractivity contribution is 7.96. The Hall–Kier alpha value is -3.82. The van der Waals surface area contributed by atoms with Gasteiger partial charge in [-0.05, 0) is 98.5 Å². The van der Waals surface area contributed by atoms with Crippen molar-refractivity contribution in [3.63, 3.8) is 0 Å². The van der Waals surface area contributed by atoms with Crippen LogP contribution >= 0.6 is 14.5 Å². The number of rotatable bonds is 16. The minimum atomic E-state index is -1.72. The summed E-state index contributed by atoms with van der Waals surface area (Å²) in [6, 6.07) is 68.0. The Morgan fingerprint density at radius 1 is 0.213 bits per heavy atom. The van der Waals surface area contributed by atoms with Gasteiger partial charge in [0.05, 0.1) is 12.3 Å². The fourth-order valence-corrected chi connectivity index (χ4v) is 16.2. The van der Waals surface area contributed by atoms with Crippen LogP contribution in [0.15, 0.2) is 182 Å². The molecule has 2 heteroatoms. The summed E-state index contributed by atoms with van der Waals surface area (Å²) in [5.41, 5.74) is 0. The van der Waals surface area contributed by atoms with Gasteiger partial charge in [-0.2, -0.15) is 0 Å². The fourth-order valence-electron chi connectivity index (χ4n) is 7.35. The van der Waals surface area contributed by atoms with Gasteiger partial charge < -0.3 is 0 Å².